The monoisotopic (exact) mass is 792 g/mol. The van der Waals surface area contributed by atoms with Gasteiger partial charge >= 0.3 is 0 Å². The van der Waals surface area contributed by atoms with Crippen molar-refractivity contribution in [2.24, 2.45) is 17.8 Å². The summed E-state index contributed by atoms with van der Waals surface area (Å²) in [5, 5.41) is 8.30. The lowest BCUT2D eigenvalue weighted by atomic mass is 9.46. The van der Waals surface area contributed by atoms with Crippen LogP contribution in [0, 0.1) is 17.8 Å². The van der Waals surface area contributed by atoms with E-state index in [9.17, 15) is 0 Å². The van der Waals surface area contributed by atoms with Gasteiger partial charge in [-0.25, -0.2) is 9.97 Å². The fraction of sp³-hybridized carbons (Fsp3) is 0.138. The highest BCUT2D eigenvalue weighted by Crippen LogP contribution is 2.68. The third-order valence-corrected chi connectivity index (χ3v) is 15.7. The third kappa shape index (κ3) is 4.27. The average Bonchev–Trinajstić information content (AvgIpc) is 3.94. The fourth-order valence-electron chi connectivity index (χ4n) is 13.4. The number of rotatable bonds is 3. The first-order valence-corrected chi connectivity index (χ1v) is 22.3. The molecule has 4 nitrogen and oxygen atoms in total. The molecule has 0 N–H and O–H groups in total. The van der Waals surface area contributed by atoms with E-state index >= 15 is 0 Å². The molecule has 2 unspecified atom stereocenters. The first-order chi connectivity index (χ1) is 30.7. The molecule has 0 radical (unpaired) electrons. The van der Waals surface area contributed by atoms with Gasteiger partial charge in [-0.2, -0.15) is 0 Å². The quantitative estimate of drug-likeness (QED) is 0.132. The van der Waals surface area contributed by atoms with Crippen LogP contribution in [0.5, 0.6) is 0 Å². The Morgan fingerprint density at radius 1 is 0.484 bits per heavy atom. The van der Waals surface area contributed by atoms with Gasteiger partial charge in [-0.1, -0.05) is 127 Å². The molecule has 4 bridgehead atoms. The average molecular weight is 793 g/mol. The van der Waals surface area contributed by atoms with Crippen molar-refractivity contribution in [3.63, 3.8) is 0 Å². The van der Waals surface area contributed by atoms with Crippen LogP contribution in [0.3, 0.4) is 0 Å². The zero-order valence-corrected chi connectivity index (χ0v) is 34.1. The van der Waals surface area contributed by atoms with Gasteiger partial charge in [0.05, 0.1) is 27.6 Å². The Hall–Kier alpha value is -7.30. The molecule has 0 aliphatic heterocycles. The molecule has 8 aromatic carbocycles. The Kier molecular flexibility index (Phi) is 6.44. The highest BCUT2D eigenvalue weighted by atomic mass is 15.2. The third-order valence-electron chi connectivity index (χ3n) is 15.7. The summed E-state index contributed by atoms with van der Waals surface area (Å²) in [4.78, 5) is 10.2. The molecule has 4 heteroatoms. The predicted molar refractivity (Wildman–Crippen MR) is 254 cm³/mol. The summed E-state index contributed by atoms with van der Waals surface area (Å²) in [6, 6.07) is 61.2. The zero-order chi connectivity index (χ0) is 40.3. The lowest BCUT2D eigenvalue weighted by molar-refractivity contribution is 0.0734. The molecule has 1 spiro atoms. The summed E-state index contributed by atoms with van der Waals surface area (Å²) in [6.07, 6.45) is 9.75. The van der Waals surface area contributed by atoms with Gasteiger partial charge in [0, 0.05) is 49.6 Å². The number of benzene rings is 8. The number of nitrogens with zero attached hydrogens (tertiary/aromatic N) is 4. The summed E-state index contributed by atoms with van der Waals surface area (Å²) in [6.45, 7) is 0. The Bertz CT molecular complexity index is 3790. The fourth-order valence-corrected chi connectivity index (χ4v) is 13.4. The minimum atomic E-state index is 0.0959. The number of aromatic nitrogens is 4. The SMILES string of the molecule is C1=C2CC3CC1CC(C2)C31c2ccccc2-c2ccc(-n3c4ccccc4c4cc(-c5ccc6c(c5)c5ccccc5n6-c5ncc6ccc7ccccc7c6n5)ccc43)cc21. The standard InChI is InChI=1S/C58H40N4/c1-2-10-43-36(9-1)17-18-39-33-59-57(60-56(39)43)62-53-16-8-5-13-47(53)49-31-38(20-24-55(49)62)37-19-23-54-48(30-37)46-12-4-7-15-52(46)61(54)42-21-22-45-44-11-3-6-14-50(44)58(51(45)32-42)40-26-34-25-35(28-40)29-41(58)27-34/h1-25,30-34,40-41H,26-29H2. The molecule has 3 heterocycles. The summed E-state index contributed by atoms with van der Waals surface area (Å²) in [7, 11) is 0. The molecule has 2 saturated carbocycles. The molecule has 292 valence electrons. The molecule has 62 heavy (non-hydrogen) atoms. The molecule has 5 aliphatic carbocycles. The van der Waals surface area contributed by atoms with E-state index in [0.29, 0.717) is 17.8 Å². The van der Waals surface area contributed by atoms with Crippen molar-refractivity contribution in [1.29, 1.82) is 0 Å². The predicted octanol–water partition coefficient (Wildman–Crippen LogP) is 14.3. The molecule has 16 rings (SSSR count). The van der Waals surface area contributed by atoms with Crippen molar-refractivity contribution in [1.82, 2.24) is 19.1 Å². The molecular formula is C58H40N4. The Morgan fingerprint density at radius 2 is 1.10 bits per heavy atom. The van der Waals surface area contributed by atoms with Crippen LogP contribution in [0.1, 0.15) is 36.8 Å². The molecule has 3 aromatic heterocycles. The van der Waals surface area contributed by atoms with Crippen LogP contribution < -0.4 is 0 Å². The van der Waals surface area contributed by atoms with Crippen LogP contribution in [-0.2, 0) is 5.41 Å². The molecule has 2 atom stereocenters. The number of hydrogen-bond donors (Lipinski definition) is 0. The second-order valence-corrected chi connectivity index (χ2v) is 18.6. The maximum atomic E-state index is 5.24. The number of para-hydroxylation sites is 2. The summed E-state index contributed by atoms with van der Waals surface area (Å²) < 4.78 is 4.76. The summed E-state index contributed by atoms with van der Waals surface area (Å²) in [5.74, 6) is 2.79. The van der Waals surface area contributed by atoms with Gasteiger partial charge in [-0.15, -0.1) is 0 Å². The van der Waals surface area contributed by atoms with E-state index in [1.807, 2.05) is 6.20 Å². The zero-order valence-electron chi connectivity index (χ0n) is 34.1. The topological polar surface area (TPSA) is 35.6 Å². The Labute approximate surface area is 358 Å². The van der Waals surface area contributed by atoms with E-state index in [1.165, 1.54) is 91.6 Å². The highest BCUT2D eigenvalue weighted by molar-refractivity contribution is 6.13. The van der Waals surface area contributed by atoms with Gasteiger partial charge in [0.25, 0.3) is 0 Å². The van der Waals surface area contributed by atoms with Crippen LogP contribution in [0.15, 0.2) is 182 Å². The summed E-state index contributed by atoms with van der Waals surface area (Å²) >= 11 is 0. The van der Waals surface area contributed by atoms with E-state index < -0.39 is 0 Å². The number of fused-ring (bicyclic) bond motifs is 12. The van der Waals surface area contributed by atoms with Crippen LogP contribution in [0.2, 0.25) is 0 Å². The van der Waals surface area contributed by atoms with Crippen LogP contribution in [0.4, 0.5) is 0 Å². The molecule has 11 aromatic rings. The molecule has 0 amide bonds. The lowest BCUT2D eigenvalue weighted by Crippen LogP contribution is -2.52. The van der Waals surface area contributed by atoms with E-state index in [4.69, 9.17) is 9.97 Å². The van der Waals surface area contributed by atoms with Crippen molar-refractivity contribution >= 4 is 65.3 Å². The second kappa shape index (κ2) is 12.0. The lowest BCUT2D eigenvalue weighted by Gasteiger charge is -2.58. The molecule has 2 fully saturated rings. The molecule has 5 aliphatic rings. The Balaban J connectivity index is 0.885. The van der Waals surface area contributed by atoms with E-state index in [1.54, 1.807) is 16.7 Å². The van der Waals surface area contributed by atoms with Crippen molar-refractivity contribution in [3.05, 3.63) is 193 Å². The van der Waals surface area contributed by atoms with Gasteiger partial charge in [0.2, 0.25) is 5.95 Å². The second-order valence-electron chi connectivity index (χ2n) is 18.6. The van der Waals surface area contributed by atoms with Crippen LogP contribution >= 0.6 is 0 Å². The molecular weight excluding hydrogens is 753 g/mol. The smallest absolute Gasteiger partial charge is 0.235 e. The van der Waals surface area contributed by atoms with Crippen molar-refractivity contribution in [3.8, 4) is 33.9 Å². The molecule has 0 saturated heterocycles. The van der Waals surface area contributed by atoms with Gasteiger partial charge in [0.15, 0.2) is 0 Å². The van der Waals surface area contributed by atoms with Crippen LogP contribution in [0.25, 0.3) is 99.2 Å². The number of allylic oxidation sites excluding steroid dienone is 2. The van der Waals surface area contributed by atoms with E-state index in [0.717, 1.165) is 33.2 Å². The summed E-state index contributed by atoms with van der Waals surface area (Å²) in [5.41, 5.74) is 17.2. The van der Waals surface area contributed by atoms with Gasteiger partial charge in [0.1, 0.15) is 0 Å². The minimum absolute atomic E-state index is 0.0959. The maximum Gasteiger partial charge on any atom is 0.235 e. The van der Waals surface area contributed by atoms with Gasteiger partial charge in [-0.05, 0) is 131 Å². The maximum absolute atomic E-state index is 5.24. The van der Waals surface area contributed by atoms with Crippen molar-refractivity contribution in [2.75, 3.05) is 0 Å². The largest absolute Gasteiger partial charge is 0.309 e. The Morgan fingerprint density at radius 3 is 1.85 bits per heavy atom. The van der Waals surface area contributed by atoms with Gasteiger partial charge in [-0.3, -0.25) is 4.57 Å². The number of hydrogen-bond acceptors (Lipinski definition) is 2. The van der Waals surface area contributed by atoms with Gasteiger partial charge < -0.3 is 4.57 Å². The van der Waals surface area contributed by atoms with Crippen molar-refractivity contribution in [2.45, 2.75) is 31.1 Å². The van der Waals surface area contributed by atoms with E-state index in [-0.39, 0.29) is 5.41 Å². The first kappa shape index (κ1) is 33.4. The first-order valence-electron chi connectivity index (χ1n) is 22.3. The minimum Gasteiger partial charge on any atom is -0.309 e. The van der Waals surface area contributed by atoms with Crippen LogP contribution in [-0.4, -0.2) is 19.1 Å². The normalized spacial score (nSPS) is 21.0. The van der Waals surface area contributed by atoms with Crippen molar-refractivity contribution < 1.29 is 0 Å². The highest BCUT2D eigenvalue weighted by Gasteiger charge is 2.59. The van der Waals surface area contributed by atoms with E-state index in [2.05, 4.69) is 179 Å².